The van der Waals surface area contributed by atoms with Gasteiger partial charge in [-0.05, 0) is 43.3 Å². The van der Waals surface area contributed by atoms with E-state index in [1.807, 2.05) is 12.1 Å². The van der Waals surface area contributed by atoms with Gasteiger partial charge in [-0.1, -0.05) is 23.7 Å². The number of Topliss-reactive ketones (excluding diaryl/α,β-unsaturated/α-hetero) is 1. The maximum Gasteiger partial charge on any atom is 0.234 e. The minimum absolute atomic E-state index is 0.0729. The summed E-state index contributed by atoms with van der Waals surface area (Å²) in [5, 5.41) is 3.43. The van der Waals surface area contributed by atoms with Crippen LogP contribution in [-0.4, -0.2) is 17.4 Å². The number of thioether (sulfide) groups is 1. The second-order valence-corrected chi connectivity index (χ2v) is 5.88. The Labute approximate surface area is 132 Å². The number of para-hydroxylation sites is 1. The largest absolute Gasteiger partial charge is 0.325 e. The Morgan fingerprint density at radius 1 is 1.10 bits per heavy atom. The summed E-state index contributed by atoms with van der Waals surface area (Å²) < 4.78 is 0. The van der Waals surface area contributed by atoms with Crippen molar-refractivity contribution in [1.82, 2.24) is 0 Å². The number of amides is 1. The standard InChI is InChI=1S/C16H14ClNO2S/c1-11(19)14-4-2-3-5-15(14)18-16(20)10-21-13-8-6-12(17)7-9-13/h2-9H,10H2,1H3,(H,18,20). The van der Waals surface area contributed by atoms with Crippen LogP contribution in [0.25, 0.3) is 0 Å². The summed E-state index contributed by atoms with van der Waals surface area (Å²) in [4.78, 5) is 24.4. The van der Waals surface area contributed by atoms with Gasteiger partial charge in [0.05, 0.1) is 11.4 Å². The molecule has 0 radical (unpaired) electrons. The summed E-state index contributed by atoms with van der Waals surface area (Å²) >= 11 is 7.22. The number of anilines is 1. The van der Waals surface area contributed by atoms with Crippen LogP contribution >= 0.6 is 23.4 Å². The van der Waals surface area contributed by atoms with Crippen LogP contribution in [0.2, 0.25) is 5.02 Å². The Morgan fingerprint density at radius 2 is 1.76 bits per heavy atom. The summed E-state index contributed by atoms with van der Waals surface area (Å²) in [7, 11) is 0. The highest BCUT2D eigenvalue weighted by atomic mass is 35.5. The van der Waals surface area contributed by atoms with E-state index in [9.17, 15) is 9.59 Å². The second kappa shape index (κ2) is 7.29. The Kier molecular flexibility index (Phi) is 5.42. The molecule has 2 aromatic rings. The molecule has 5 heteroatoms. The van der Waals surface area contributed by atoms with E-state index in [4.69, 9.17) is 11.6 Å². The number of rotatable bonds is 5. The highest BCUT2D eigenvalue weighted by Crippen LogP contribution is 2.21. The van der Waals surface area contributed by atoms with Crippen LogP contribution in [0.15, 0.2) is 53.4 Å². The lowest BCUT2D eigenvalue weighted by Crippen LogP contribution is -2.16. The highest BCUT2D eigenvalue weighted by molar-refractivity contribution is 8.00. The van der Waals surface area contributed by atoms with Gasteiger partial charge < -0.3 is 5.32 Å². The van der Waals surface area contributed by atoms with E-state index in [0.717, 1.165) is 4.90 Å². The zero-order valence-electron chi connectivity index (χ0n) is 11.4. The number of ketones is 1. The van der Waals surface area contributed by atoms with Crippen molar-refractivity contribution in [2.45, 2.75) is 11.8 Å². The molecule has 1 N–H and O–H groups in total. The molecule has 2 rings (SSSR count). The van der Waals surface area contributed by atoms with Gasteiger partial charge in [-0.3, -0.25) is 9.59 Å². The molecule has 1 amide bonds. The van der Waals surface area contributed by atoms with Crippen LogP contribution < -0.4 is 5.32 Å². The lowest BCUT2D eigenvalue weighted by molar-refractivity contribution is -0.113. The molecule has 0 bridgehead atoms. The van der Waals surface area contributed by atoms with Crippen molar-refractivity contribution in [3.63, 3.8) is 0 Å². The van der Waals surface area contributed by atoms with Crippen LogP contribution in [0.1, 0.15) is 17.3 Å². The smallest absolute Gasteiger partial charge is 0.234 e. The van der Waals surface area contributed by atoms with Gasteiger partial charge in [0.25, 0.3) is 0 Å². The summed E-state index contributed by atoms with van der Waals surface area (Å²) in [6, 6.07) is 14.3. The molecular weight excluding hydrogens is 306 g/mol. The summed E-state index contributed by atoms with van der Waals surface area (Å²) in [6.07, 6.45) is 0. The zero-order chi connectivity index (χ0) is 15.2. The third kappa shape index (κ3) is 4.62. The van der Waals surface area contributed by atoms with Gasteiger partial charge in [0.15, 0.2) is 5.78 Å². The lowest BCUT2D eigenvalue weighted by atomic mass is 10.1. The van der Waals surface area contributed by atoms with Crippen LogP contribution in [0.3, 0.4) is 0 Å². The maximum atomic E-state index is 12.0. The van der Waals surface area contributed by atoms with Crippen LogP contribution in [0, 0.1) is 0 Å². The fraction of sp³-hybridized carbons (Fsp3) is 0.125. The molecule has 0 fully saturated rings. The Balaban J connectivity index is 1.96. The van der Waals surface area contributed by atoms with Crippen molar-refractivity contribution < 1.29 is 9.59 Å². The molecular formula is C16H14ClNO2S. The van der Waals surface area contributed by atoms with E-state index >= 15 is 0 Å². The van der Waals surface area contributed by atoms with Gasteiger partial charge in [-0.25, -0.2) is 0 Å². The molecule has 0 unspecified atom stereocenters. The first-order valence-corrected chi connectivity index (χ1v) is 7.71. The van der Waals surface area contributed by atoms with Gasteiger partial charge in [0.2, 0.25) is 5.91 Å². The number of benzene rings is 2. The predicted octanol–water partition coefficient (Wildman–Crippen LogP) is 4.27. The van der Waals surface area contributed by atoms with Crippen molar-refractivity contribution in [2.75, 3.05) is 11.1 Å². The first-order valence-electron chi connectivity index (χ1n) is 6.34. The summed E-state index contributed by atoms with van der Waals surface area (Å²) in [5.41, 5.74) is 1.06. The quantitative estimate of drug-likeness (QED) is 0.661. The molecule has 2 aromatic carbocycles. The van der Waals surface area contributed by atoms with Gasteiger partial charge in [0.1, 0.15) is 0 Å². The zero-order valence-corrected chi connectivity index (χ0v) is 13.0. The number of carbonyl (C=O) groups is 2. The molecule has 0 spiro atoms. The number of carbonyl (C=O) groups excluding carboxylic acids is 2. The van der Waals surface area contributed by atoms with Gasteiger partial charge in [0, 0.05) is 15.5 Å². The second-order valence-electron chi connectivity index (χ2n) is 4.39. The molecule has 0 aromatic heterocycles. The Hall–Kier alpha value is -1.78. The van der Waals surface area contributed by atoms with E-state index in [1.54, 1.807) is 36.4 Å². The normalized spacial score (nSPS) is 10.2. The SMILES string of the molecule is CC(=O)c1ccccc1NC(=O)CSc1ccc(Cl)cc1. The maximum absolute atomic E-state index is 12.0. The minimum Gasteiger partial charge on any atom is -0.325 e. The predicted molar refractivity (Wildman–Crippen MR) is 87.3 cm³/mol. The number of nitrogens with one attached hydrogen (secondary N) is 1. The molecule has 0 saturated carbocycles. The molecule has 0 saturated heterocycles. The van der Waals surface area contributed by atoms with E-state index in [0.29, 0.717) is 16.3 Å². The first-order chi connectivity index (χ1) is 10.1. The average Bonchev–Trinajstić information content (AvgIpc) is 2.47. The van der Waals surface area contributed by atoms with Crippen LogP contribution in [0.4, 0.5) is 5.69 Å². The topological polar surface area (TPSA) is 46.2 Å². The molecule has 0 heterocycles. The third-order valence-corrected chi connectivity index (χ3v) is 4.03. The molecule has 21 heavy (non-hydrogen) atoms. The van der Waals surface area contributed by atoms with E-state index in [2.05, 4.69) is 5.32 Å². The van der Waals surface area contributed by atoms with Crippen molar-refractivity contribution in [1.29, 1.82) is 0 Å². The number of hydrogen-bond donors (Lipinski definition) is 1. The lowest BCUT2D eigenvalue weighted by Gasteiger charge is -2.08. The number of hydrogen-bond acceptors (Lipinski definition) is 3. The van der Waals surface area contributed by atoms with Crippen molar-refractivity contribution >= 4 is 40.7 Å². The summed E-state index contributed by atoms with van der Waals surface area (Å²) in [6.45, 7) is 1.48. The van der Waals surface area contributed by atoms with Gasteiger partial charge in [-0.15, -0.1) is 11.8 Å². The van der Waals surface area contributed by atoms with Crippen molar-refractivity contribution in [3.05, 3.63) is 59.1 Å². The van der Waals surface area contributed by atoms with E-state index in [1.165, 1.54) is 18.7 Å². The Morgan fingerprint density at radius 3 is 2.43 bits per heavy atom. The average molecular weight is 320 g/mol. The van der Waals surface area contributed by atoms with Gasteiger partial charge in [-0.2, -0.15) is 0 Å². The molecule has 0 aliphatic rings. The van der Waals surface area contributed by atoms with Crippen molar-refractivity contribution in [2.24, 2.45) is 0 Å². The molecule has 0 atom stereocenters. The Bertz CT molecular complexity index is 656. The van der Waals surface area contributed by atoms with E-state index in [-0.39, 0.29) is 17.4 Å². The van der Waals surface area contributed by atoms with Gasteiger partial charge >= 0.3 is 0 Å². The first kappa shape index (κ1) is 15.6. The molecule has 0 aliphatic carbocycles. The molecule has 0 aliphatic heterocycles. The van der Waals surface area contributed by atoms with Crippen LogP contribution in [-0.2, 0) is 4.79 Å². The monoisotopic (exact) mass is 319 g/mol. The summed E-state index contributed by atoms with van der Waals surface area (Å²) in [5.74, 6) is 0.0494. The van der Waals surface area contributed by atoms with Crippen LogP contribution in [0.5, 0.6) is 0 Å². The van der Waals surface area contributed by atoms with Crippen molar-refractivity contribution in [3.8, 4) is 0 Å². The highest BCUT2D eigenvalue weighted by Gasteiger charge is 2.09. The molecule has 108 valence electrons. The fourth-order valence-electron chi connectivity index (χ4n) is 1.77. The fourth-order valence-corrected chi connectivity index (χ4v) is 2.59. The minimum atomic E-state index is -0.149. The third-order valence-electron chi connectivity index (χ3n) is 2.76. The number of halogens is 1. The van der Waals surface area contributed by atoms with E-state index < -0.39 is 0 Å². The molecule has 3 nitrogen and oxygen atoms in total.